The molecule has 2 saturated heterocycles. The number of amides is 1. The summed E-state index contributed by atoms with van der Waals surface area (Å²) in [5.74, 6) is -6.00. The first-order valence-electron chi connectivity index (χ1n) is 23.1. The van der Waals surface area contributed by atoms with Gasteiger partial charge in [0.05, 0.1) is 50.0 Å². The minimum absolute atomic E-state index is 0.00197. The number of ketones is 1. The minimum atomic E-state index is -2.17. The number of hydrogen-bond acceptors (Lipinski definition) is 16. The summed E-state index contributed by atoms with van der Waals surface area (Å²) < 4.78 is 42.4. The molecular formula is C49H64N2O16. The van der Waals surface area contributed by atoms with Crippen LogP contribution >= 0.6 is 0 Å². The van der Waals surface area contributed by atoms with Crippen LogP contribution in [0.1, 0.15) is 88.0 Å². The Morgan fingerprint density at radius 1 is 0.985 bits per heavy atom. The SMILES string of the molecule is COC(=O)NC1[C@H](C)O[C@@H](O[C@H]2C/C=C(\C)[C@@H]3C=C[C@@H]4[C@@H](OC5C=C[C@H](O)[C@H](C)O5)[C@@H](C)C[C@H](C)[C@H]4[C@]3(C)/C(O)=C3\C(=O)O[C@]4(CC(C=O)=C[C@H](OC(C)=O)[C@H]4/C=C\2C)C3=O)CC1(C)[N+](=O)[O-]. The molecule has 0 radical (unpaired) electrons. The quantitative estimate of drug-likeness (QED) is 0.0520. The lowest BCUT2D eigenvalue weighted by molar-refractivity contribution is -0.584. The molecule has 7 aliphatic rings. The average Bonchev–Trinajstić information content (AvgIpc) is 3.50. The third kappa shape index (κ3) is 8.84. The Bertz CT molecular complexity index is 2230. The van der Waals surface area contributed by atoms with Gasteiger partial charge in [-0.25, -0.2) is 9.59 Å². The molecule has 18 atom stereocenters. The predicted molar refractivity (Wildman–Crippen MR) is 237 cm³/mol. The topological polar surface area (TPSA) is 246 Å². The highest BCUT2D eigenvalue weighted by atomic mass is 16.7. The molecule has 2 bridgehead atoms. The number of hydrogen-bond donors (Lipinski definition) is 3. The fraction of sp³-hybridized carbons (Fsp3) is 0.653. The molecule has 1 amide bonds. The van der Waals surface area contributed by atoms with E-state index in [1.807, 2.05) is 26.0 Å². The summed E-state index contributed by atoms with van der Waals surface area (Å²) in [6.45, 7) is 15.5. The van der Waals surface area contributed by atoms with E-state index < -0.39 is 136 Å². The highest BCUT2D eigenvalue weighted by Crippen LogP contribution is 2.61. The van der Waals surface area contributed by atoms with Crippen LogP contribution in [0.4, 0.5) is 4.79 Å². The van der Waals surface area contributed by atoms with Gasteiger partial charge in [0.15, 0.2) is 18.2 Å². The first-order chi connectivity index (χ1) is 31.5. The third-order valence-corrected chi connectivity index (χ3v) is 15.6. The van der Waals surface area contributed by atoms with Crippen LogP contribution in [0.15, 0.2) is 70.6 Å². The largest absolute Gasteiger partial charge is 0.511 e. The van der Waals surface area contributed by atoms with Gasteiger partial charge in [-0.1, -0.05) is 56.7 Å². The number of nitrogens with zero attached hydrogens (tertiary/aromatic N) is 1. The lowest BCUT2D eigenvalue weighted by Gasteiger charge is -2.56. The van der Waals surface area contributed by atoms with E-state index in [0.717, 1.165) is 12.7 Å². The molecule has 1 saturated carbocycles. The molecule has 67 heavy (non-hydrogen) atoms. The van der Waals surface area contributed by atoms with Crippen molar-refractivity contribution < 1.29 is 72.3 Å². The number of nitro groups is 1. The monoisotopic (exact) mass is 936 g/mol. The summed E-state index contributed by atoms with van der Waals surface area (Å²) in [5, 5.41) is 38.6. The van der Waals surface area contributed by atoms with Crippen molar-refractivity contribution in [2.24, 2.45) is 40.9 Å². The second-order valence-electron chi connectivity index (χ2n) is 20.0. The Hall–Kier alpha value is -5.01. The number of carbonyl (C=O) groups excluding carboxylic acids is 5. The number of alkyl carbamates (subject to hydrolysis) is 1. The van der Waals surface area contributed by atoms with Gasteiger partial charge >= 0.3 is 18.0 Å². The van der Waals surface area contributed by atoms with Crippen molar-refractivity contribution >= 4 is 30.1 Å². The van der Waals surface area contributed by atoms with Gasteiger partial charge in [-0.05, 0) is 81.6 Å². The molecular weight excluding hydrogens is 873 g/mol. The number of aldehydes is 1. The maximum atomic E-state index is 15.4. The Morgan fingerprint density at radius 2 is 1.70 bits per heavy atom. The molecule has 0 aromatic rings. The molecule has 3 fully saturated rings. The fourth-order valence-electron chi connectivity index (χ4n) is 12.2. The van der Waals surface area contributed by atoms with Crippen molar-refractivity contribution in [3.63, 3.8) is 0 Å². The highest BCUT2D eigenvalue weighted by Gasteiger charge is 2.65. The second kappa shape index (κ2) is 18.8. The molecule has 366 valence electrons. The molecule has 1 spiro atoms. The van der Waals surface area contributed by atoms with E-state index in [-0.39, 0.29) is 36.2 Å². The number of aliphatic hydroxyl groups excluding tert-OH is 2. The molecule has 7 rings (SSSR count). The van der Waals surface area contributed by atoms with Gasteiger partial charge in [0.1, 0.15) is 29.8 Å². The van der Waals surface area contributed by atoms with E-state index >= 15 is 4.79 Å². The van der Waals surface area contributed by atoms with Crippen LogP contribution in [-0.2, 0) is 52.3 Å². The number of Topliss-reactive ketones (excluding diaryl/α,β-unsaturated/α-hetero) is 1. The van der Waals surface area contributed by atoms with Crippen molar-refractivity contribution in [3.05, 3.63) is 80.7 Å². The van der Waals surface area contributed by atoms with Crippen molar-refractivity contribution in [3.8, 4) is 0 Å². The molecule has 18 heteroatoms. The average molecular weight is 937 g/mol. The fourth-order valence-corrected chi connectivity index (χ4v) is 12.2. The summed E-state index contributed by atoms with van der Waals surface area (Å²) in [4.78, 5) is 79.8. The van der Waals surface area contributed by atoms with Crippen LogP contribution in [0.25, 0.3) is 0 Å². The molecule has 3 heterocycles. The first-order valence-corrected chi connectivity index (χ1v) is 23.1. The van der Waals surface area contributed by atoms with Crippen LogP contribution in [0.2, 0.25) is 0 Å². The zero-order valence-electron chi connectivity index (χ0n) is 39.7. The third-order valence-electron chi connectivity index (χ3n) is 15.6. The second-order valence-corrected chi connectivity index (χ2v) is 20.0. The smallest absolute Gasteiger partial charge is 0.407 e. The van der Waals surface area contributed by atoms with Crippen molar-refractivity contribution in [1.29, 1.82) is 0 Å². The summed E-state index contributed by atoms with van der Waals surface area (Å²) >= 11 is 0. The lowest BCUT2D eigenvalue weighted by Crippen LogP contribution is -2.65. The standard InChI is InChI=1S/C49H64N2O16/c1-23-11-15-35(65-38-21-47(8,51(59)60)42(28(6)63-38)50-46(58)61-10)24(2)18-33-36(64-29(7)53)19-30(22-52)20-49(33)44(56)39(45(57)67-49)43(55)48(9)32(23)13-12-31-40(48)25(3)17-26(4)41(31)66-37-16-14-34(54)27(5)62-37/h11-14,16,18-19,22,25-28,31-38,40-42,54-55H,15,17,20-21H2,1-10H3,(H,50,58)/b23-11+,24-18-,43-39+/t25-,26-,27-,28-,31-,32-,33+,34-,35-,36-,37?,38-,40+,41-,42?,47?,48+,49-/m0/s1. The van der Waals surface area contributed by atoms with Gasteiger partial charge in [-0.2, -0.15) is 0 Å². The summed E-state index contributed by atoms with van der Waals surface area (Å²) in [5.41, 5.74) is -4.64. The number of ether oxygens (including phenoxy) is 7. The highest BCUT2D eigenvalue weighted by molar-refractivity contribution is 6.26. The Labute approximate surface area is 389 Å². The van der Waals surface area contributed by atoms with E-state index in [1.165, 1.54) is 19.9 Å². The zero-order chi connectivity index (χ0) is 49.1. The maximum absolute atomic E-state index is 15.4. The number of carbonyl (C=O) groups is 5. The molecule has 18 nitrogen and oxygen atoms in total. The van der Waals surface area contributed by atoms with Gasteiger partial charge in [-0.3, -0.25) is 24.5 Å². The van der Waals surface area contributed by atoms with Crippen LogP contribution in [0.5, 0.6) is 0 Å². The molecule has 3 aliphatic heterocycles. The van der Waals surface area contributed by atoms with Crippen LogP contribution < -0.4 is 5.32 Å². The summed E-state index contributed by atoms with van der Waals surface area (Å²) in [6.07, 6.45) is 5.08. The minimum Gasteiger partial charge on any atom is -0.511 e. The summed E-state index contributed by atoms with van der Waals surface area (Å²) in [6, 6.07) is -1.10. The molecule has 3 unspecified atom stereocenters. The van der Waals surface area contributed by atoms with Crippen LogP contribution in [0, 0.1) is 51.0 Å². The van der Waals surface area contributed by atoms with E-state index in [0.29, 0.717) is 18.3 Å². The molecule has 3 N–H and O–H groups in total. The number of fused-ring (bicyclic) bond motifs is 4. The number of methoxy groups -OCH3 is 1. The number of esters is 2. The van der Waals surface area contributed by atoms with Gasteiger partial charge in [0.2, 0.25) is 11.3 Å². The van der Waals surface area contributed by atoms with Gasteiger partial charge in [-0.15, -0.1) is 0 Å². The van der Waals surface area contributed by atoms with Crippen LogP contribution in [-0.4, -0.2) is 119 Å². The Morgan fingerprint density at radius 3 is 2.34 bits per heavy atom. The van der Waals surface area contributed by atoms with Crippen molar-refractivity contribution in [2.45, 2.75) is 154 Å². The van der Waals surface area contributed by atoms with Gasteiger partial charge in [0, 0.05) is 42.4 Å². The summed E-state index contributed by atoms with van der Waals surface area (Å²) in [7, 11) is 1.15. The van der Waals surface area contributed by atoms with Crippen molar-refractivity contribution in [2.75, 3.05) is 7.11 Å². The number of allylic oxidation sites excluding steroid dienone is 3. The molecule has 4 aliphatic carbocycles. The molecule has 0 aromatic heterocycles. The number of aliphatic hydroxyl groups is 2. The number of nitrogens with one attached hydrogen (secondary N) is 1. The van der Waals surface area contributed by atoms with Gasteiger partial charge < -0.3 is 48.7 Å². The van der Waals surface area contributed by atoms with E-state index in [9.17, 15) is 39.5 Å². The Balaban J connectivity index is 1.39. The van der Waals surface area contributed by atoms with Crippen molar-refractivity contribution in [1.82, 2.24) is 5.32 Å². The lowest BCUT2D eigenvalue weighted by atomic mass is 9.49. The predicted octanol–water partition coefficient (Wildman–Crippen LogP) is 5.46. The van der Waals surface area contributed by atoms with E-state index in [4.69, 9.17) is 33.2 Å². The maximum Gasteiger partial charge on any atom is 0.407 e. The van der Waals surface area contributed by atoms with Crippen LogP contribution in [0.3, 0.4) is 0 Å². The molecule has 0 aromatic carbocycles. The normalized spacial score (nSPS) is 45.6. The van der Waals surface area contributed by atoms with E-state index in [2.05, 4.69) is 25.2 Å². The van der Waals surface area contributed by atoms with Gasteiger partial charge in [0.25, 0.3) is 0 Å². The Kier molecular flexibility index (Phi) is 14.0. The first kappa shape index (κ1) is 49.9. The zero-order valence-corrected chi connectivity index (χ0v) is 39.7. The van der Waals surface area contributed by atoms with E-state index in [1.54, 1.807) is 39.0 Å². The number of rotatable bonds is 8.